The van der Waals surface area contributed by atoms with Crippen LogP contribution in [0, 0.1) is 5.82 Å². The molecule has 24 heavy (non-hydrogen) atoms. The summed E-state index contributed by atoms with van der Waals surface area (Å²) < 4.78 is 18.7. The summed E-state index contributed by atoms with van der Waals surface area (Å²) in [6, 6.07) is 10.1. The fourth-order valence-electron chi connectivity index (χ4n) is 1.92. The third kappa shape index (κ3) is 7.58. The van der Waals surface area contributed by atoms with Crippen molar-refractivity contribution in [2.45, 2.75) is 13.5 Å². The summed E-state index contributed by atoms with van der Waals surface area (Å²) >= 11 is 0. The van der Waals surface area contributed by atoms with E-state index in [1.165, 1.54) is 12.1 Å². The Morgan fingerprint density at radius 1 is 1.25 bits per heavy atom. The van der Waals surface area contributed by atoms with E-state index in [-0.39, 0.29) is 29.8 Å². The lowest BCUT2D eigenvalue weighted by atomic mass is 10.2. The van der Waals surface area contributed by atoms with Crippen molar-refractivity contribution in [2.75, 3.05) is 19.7 Å². The van der Waals surface area contributed by atoms with E-state index in [2.05, 4.69) is 20.6 Å². The number of pyridine rings is 1. The van der Waals surface area contributed by atoms with Gasteiger partial charge in [0, 0.05) is 12.7 Å². The molecule has 5 nitrogen and oxygen atoms in total. The van der Waals surface area contributed by atoms with Crippen molar-refractivity contribution >= 4 is 29.9 Å². The van der Waals surface area contributed by atoms with Crippen LogP contribution in [0.25, 0.3) is 0 Å². The zero-order chi connectivity index (χ0) is 16.3. The standard InChI is InChI=1S/C17H21FN4O.HI/c1-2-20-17(22-12-14-5-3-6-15(18)11-14)21-9-10-23-16-7-4-8-19-13-16;/h3-8,11,13H,2,9-10,12H2,1H3,(H2,20,21,22);1H. The number of aliphatic imine (C=N–C) groups is 1. The lowest BCUT2D eigenvalue weighted by molar-refractivity contribution is 0.320. The summed E-state index contributed by atoms with van der Waals surface area (Å²) in [6.45, 7) is 4.25. The van der Waals surface area contributed by atoms with Gasteiger partial charge in [-0.05, 0) is 36.8 Å². The number of hydrogen-bond acceptors (Lipinski definition) is 3. The first-order valence-corrected chi connectivity index (χ1v) is 7.57. The van der Waals surface area contributed by atoms with Crippen LogP contribution in [0.15, 0.2) is 53.8 Å². The van der Waals surface area contributed by atoms with Gasteiger partial charge in [-0.2, -0.15) is 0 Å². The van der Waals surface area contributed by atoms with Crippen LogP contribution in [0.3, 0.4) is 0 Å². The monoisotopic (exact) mass is 444 g/mol. The number of ether oxygens (including phenoxy) is 1. The molecule has 1 aromatic carbocycles. The van der Waals surface area contributed by atoms with Gasteiger partial charge in [0.15, 0.2) is 5.96 Å². The van der Waals surface area contributed by atoms with Gasteiger partial charge >= 0.3 is 0 Å². The Labute approximate surface area is 158 Å². The molecule has 0 aliphatic heterocycles. The van der Waals surface area contributed by atoms with Crippen molar-refractivity contribution in [3.05, 3.63) is 60.2 Å². The molecule has 130 valence electrons. The molecular formula is C17H22FIN4O. The van der Waals surface area contributed by atoms with Gasteiger partial charge in [0.05, 0.1) is 19.3 Å². The smallest absolute Gasteiger partial charge is 0.191 e. The van der Waals surface area contributed by atoms with Gasteiger partial charge in [-0.1, -0.05) is 12.1 Å². The second kappa shape index (κ2) is 11.6. The minimum Gasteiger partial charge on any atom is -0.490 e. The second-order valence-corrected chi connectivity index (χ2v) is 4.79. The highest BCUT2D eigenvalue weighted by Crippen LogP contribution is 2.05. The summed E-state index contributed by atoms with van der Waals surface area (Å²) in [5, 5.41) is 6.32. The maximum atomic E-state index is 13.1. The maximum Gasteiger partial charge on any atom is 0.191 e. The predicted octanol–water partition coefficient (Wildman–Crippen LogP) is 2.97. The van der Waals surface area contributed by atoms with Crippen LogP contribution in [-0.4, -0.2) is 30.6 Å². The van der Waals surface area contributed by atoms with Crippen molar-refractivity contribution in [3.8, 4) is 5.75 Å². The van der Waals surface area contributed by atoms with Gasteiger partial charge in [-0.15, -0.1) is 24.0 Å². The van der Waals surface area contributed by atoms with E-state index in [9.17, 15) is 4.39 Å². The van der Waals surface area contributed by atoms with Crippen LogP contribution >= 0.6 is 24.0 Å². The molecule has 0 saturated heterocycles. The molecule has 7 heteroatoms. The number of rotatable bonds is 7. The molecule has 0 amide bonds. The van der Waals surface area contributed by atoms with Gasteiger partial charge in [-0.3, -0.25) is 4.98 Å². The number of nitrogens with zero attached hydrogens (tertiary/aromatic N) is 2. The second-order valence-electron chi connectivity index (χ2n) is 4.79. The van der Waals surface area contributed by atoms with Crippen LogP contribution in [0.4, 0.5) is 4.39 Å². The highest BCUT2D eigenvalue weighted by molar-refractivity contribution is 14.0. The number of benzene rings is 1. The van der Waals surface area contributed by atoms with Crippen LogP contribution in [0.1, 0.15) is 12.5 Å². The lowest BCUT2D eigenvalue weighted by Gasteiger charge is -2.12. The molecule has 0 aliphatic carbocycles. The molecule has 0 unspecified atom stereocenters. The fraction of sp³-hybridized carbons (Fsp3) is 0.294. The Morgan fingerprint density at radius 2 is 2.12 bits per heavy atom. The highest BCUT2D eigenvalue weighted by Gasteiger charge is 1.99. The van der Waals surface area contributed by atoms with E-state index in [1.54, 1.807) is 18.5 Å². The Bertz CT molecular complexity index is 625. The summed E-state index contributed by atoms with van der Waals surface area (Å²) in [7, 11) is 0. The first kappa shape index (κ1) is 20.1. The minimum absolute atomic E-state index is 0. The number of hydrogen-bond donors (Lipinski definition) is 2. The first-order chi connectivity index (χ1) is 11.3. The molecule has 0 fully saturated rings. The summed E-state index contributed by atoms with van der Waals surface area (Å²) in [5.74, 6) is 1.16. The van der Waals surface area contributed by atoms with E-state index in [4.69, 9.17) is 4.74 Å². The van der Waals surface area contributed by atoms with Gasteiger partial charge in [0.1, 0.15) is 18.2 Å². The zero-order valence-corrected chi connectivity index (χ0v) is 15.9. The van der Waals surface area contributed by atoms with Crippen molar-refractivity contribution in [3.63, 3.8) is 0 Å². The normalized spacial score (nSPS) is 10.7. The van der Waals surface area contributed by atoms with Gasteiger partial charge in [0.2, 0.25) is 0 Å². The van der Waals surface area contributed by atoms with Crippen molar-refractivity contribution in [1.82, 2.24) is 15.6 Å². The van der Waals surface area contributed by atoms with Gasteiger partial charge in [0.25, 0.3) is 0 Å². The maximum absolute atomic E-state index is 13.1. The molecule has 1 heterocycles. The summed E-state index contributed by atoms with van der Waals surface area (Å²) in [4.78, 5) is 8.42. The molecular weight excluding hydrogens is 422 g/mol. The number of halogens is 2. The molecule has 2 aromatic rings. The zero-order valence-electron chi connectivity index (χ0n) is 13.5. The molecule has 0 spiro atoms. The molecule has 1 aromatic heterocycles. The van der Waals surface area contributed by atoms with Crippen LogP contribution in [0.5, 0.6) is 5.75 Å². The van der Waals surface area contributed by atoms with E-state index in [0.717, 1.165) is 17.9 Å². The predicted molar refractivity (Wildman–Crippen MR) is 104 cm³/mol. The number of aromatic nitrogens is 1. The highest BCUT2D eigenvalue weighted by atomic mass is 127. The molecule has 0 saturated carbocycles. The summed E-state index contributed by atoms with van der Waals surface area (Å²) in [5.41, 5.74) is 0.828. The number of nitrogens with one attached hydrogen (secondary N) is 2. The first-order valence-electron chi connectivity index (χ1n) is 7.57. The third-order valence-corrected chi connectivity index (χ3v) is 2.95. The van der Waals surface area contributed by atoms with E-state index in [1.807, 2.05) is 25.1 Å². The van der Waals surface area contributed by atoms with E-state index < -0.39 is 0 Å². The summed E-state index contributed by atoms with van der Waals surface area (Å²) in [6.07, 6.45) is 3.37. The Kier molecular flexibility index (Phi) is 9.74. The van der Waals surface area contributed by atoms with Crippen LogP contribution in [-0.2, 0) is 6.54 Å². The topological polar surface area (TPSA) is 58.5 Å². The van der Waals surface area contributed by atoms with Gasteiger partial charge < -0.3 is 15.4 Å². The molecule has 0 bridgehead atoms. The molecule has 0 atom stereocenters. The van der Waals surface area contributed by atoms with Crippen LogP contribution in [0.2, 0.25) is 0 Å². The number of guanidine groups is 1. The quantitative estimate of drug-likeness (QED) is 0.299. The third-order valence-electron chi connectivity index (χ3n) is 2.95. The molecule has 2 N–H and O–H groups in total. The molecule has 0 radical (unpaired) electrons. The minimum atomic E-state index is -0.250. The lowest BCUT2D eigenvalue weighted by Crippen LogP contribution is -2.39. The molecule has 2 rings (SSSR count). The van der Waals surface area contributed by atoms with Gasteiger partial charge in [-0.25, -0.2) is 9.38 Å². The largest absolute Gasteiger partial charge is 0.490 e. The Morgan fingerprint density at radius 3 is 2.83 bits per heavy atom. The van der Waals surface area contributed by atoms with Crippen molar-refractivity contribution in [1.29, 1.82) is 0 Å². The molecule has 0 aliphatic rings. The fourth-order valence-corrected chi connectivity index (χ4v) is 1.92. The van der Waals surface area contributed by atoms with Crippen molar-refractivity contribution < 1.29 is 9.13 Å². The average molecular weight is 444 g/mol. The van der Waals surface area contributed by atoms with Crippen molar-refractivity contribution in [2.24, 2.45) is 4.99 Å². The SMILES string of the molecule is CCNC(=NCc1cccc(F)c1)NCCOc1cccnc1.I. The Balaban J connectivity index is 0.00000288. The Hall–Kier alpha value is -1.90. The van der Waals surface area contributed by atoms with Crippen LogP contribution < -0.4 is 15.4 Å². The average Bonchev–Trinajstić information content (AvgIpc) is 2.57. The van der Waals surface area contributed by atoms with E-state index >= 15 is 0 Å². The van der Waals surface area contributed by atoms with E-state index in [0.29, 0.717) is 25.7 Å².